The number of nitrogens with zero attached hydrogens (tertiary/aromatic N) is 3. The molecule has 3 aromatic rings. The largest absolute Gasteiger partial charge is 0.383 e. The number of aromatic nitrogens is 2. The Morgan fingerprint density at radius 1 is 1.11 bits per heavy atom. The predicted octanol–water partition coefficient (Wildman–Crippen LogP) is 4.53. The second-order valence-corrected chi connectivity index (χ2v) is 12.2. The molecule has 9 nitrogen and oxygen atoms in total. The van der Waals surface area contributed by atoms with Crippen molar-refractivity contribution in [2.45, 2.75) is 33.1 Å². The van der Waals surface area contributed by atoms with E-state index in [4.69, 9.17) is 9.18 Å². The Bertz CT molecular complexity index is 1450. The van der Waals surface area contributed by atoms with Crippen molar-refractivity contribution >= 4 is 54.3 Å². The SMILES string of the molecule is CN=c1c(NC)c(N2CCC(CCOS(C)(=O)=O)CC2)c2cc(NC)[nH]c2n1-c1c(C)cc(Br)cc1C. The van der Waals surface area contributed by atoms with Crippen molar-refractivity contribution in [1.82, 2.24) is 9.55 Å². The number of aryl methyl sites for hydroxylation is 2. The van der Waals surface area contributed by atoms with Crippen LogP contribution >= 0.6 is 15.9 Å². The van der Waals surface area contributed by atoms with Gasteiger partial charge >= 0.3 is 0 Å². The molecule has 0 saturated carbocycles. The van der Waals surface area contributed by atoms with Crippen LogP contribution in [0.5, 0.6) is 0 Å². The molecule has 3 heterocycles. The van der Waals surface area contributed by atoms with E-state index >= 15 is 0 Å². The van der Waals surface area contributed by atoms with Gasteiger partial charge in [0.15, 0.2) is 5.49 Å². The molecule has 202 valence electrons. The topological polar surface area (TPSA) is 104 Å². The Morgan fingerprint density at radius 3 is 2.30 bits per heavy atom. The third kappa shape index (κ3) is 5.68. The summed E-state index contributed by atoms with van der Waals surface area (Å²) in [6, 6.07) is 6.43. The molecular weight excluding hydrogens is 556 g/mol. The van der Waals surface area contributed by atoms with Gasteiger partial charge < -0.3 is 20.5 Å². The van der Waals surface area contributed by atoms with Crippen LogP contribution in [0.2, 0.25) is 0 Å². The van der Waals surface area contributed by atoms with Crippen LogP contribution in [0.3, 0.4) is 0 Å². The van der Waals surface area contributed by atoms with Crippen molar-refractivity contribution in [1.29, 1.82) is 0 Å². The molecule has 0 aliphatic carbocycles. The zero-order valence-corrected chi connectivity index (χ0v) is 24.8. The summed E-state index contributed by atoms with van der Waals surface area (Å²) in [4.78, 5) is 10.8. The monoisotopic (exact) mass is 592 g/mol. The number of H-pyrrole nitrogens is 1. The van der Waals surface area contributed by atoms with E-state index < -0.39 is 10.1 Å². The molecule has 0 atom stereocenters. The highest BCUT2D eigenvalue weighted by atomic mass is 79.9. The van der Waals surface area contributed by atoms with E-state index in [2.05, 4.69) is 73.1 Å². The van der Waals surface area contributed by atoms with Crippen molar-refractivity contribution in [3.05, 3.63) is 39.3 Å². The maximum absolute atomic E-state index is 11.3. The molecule has 2 aromatic heterocycles. The molecule has 0 spiro atoms. The Kier molecular flexibility index (Phi) is 8.25. The third-order valence-corrected chi connectivity index (χ3v) is 8.17. The fourth-order valence-electron chi connectivity index (χ4n) is 5.45. The van der Waals surface area contributed by atoms with Gasteiger partial charge in [-0.25, -0.2) is 0 Å². The zero-order chi connectivity index (χ0) is 26.9. The minimum Gasteiger partial charge on any atom is -0.383 e. The molecule has 0 unspecified atom stereocenters. The maximum atomic E-state index is 11.3. The summed E-state index contributed by atoms with van der Waals surface area (Å²) in [7, 11) is 2.30. The zero-order valence-electron chi connectivity index (χ0n) is 22.4. The van der Waals surface area contributed by atoms with Crippen LogP contribution < -0.4 is 21.0 Å². The van der Waals surface area contributed by atoms with Crippen molar-refractivity contribution in [3.63, 3.8) is 0 Å². The first-order chi connectivity index (χ1) is 17.6. The van der Waals surface area contributed by atoms with Gasteiger partial charge in [-0.05, 0) is 68.4 Å². The summed E-state index contributed by atoms with van der Waals surface area (Å²) in [5.41, 5.74) is 7.35. The van der Waals surface area contributed by atoms with Crippen molar-refractivity contribution in [2.75, 3.05) is 62.6 Å². The van der Waals surface area contributed by atoms with E-state index in [1.807, 2.05) is 21.1 Å². The normalized spacial score (nSPS) is 15.5. The summed E-state index contributed by atoms with van der Waals surface area (Å²) in [5, 5.41) is 7.85. The predicted molar refractivity (Wildman–Crippen MR) is 156 cm³/mol. The number of fused-ring (bicyclic) bond motifs is 1. The molecule has 1 aromatic carbocycles. The van der Waals surface area contributed by atoms with Crippen LogP contribution in [-0.4, -0.2) is 65.1 Å². The van der Waals surface area contributed by atoms with Gasteiger partial charge in [0.05, 0.1) is 24.2 Å². The molecule has 1 aliphatic heterocycles. The maximum Gasteiger partial charge on any atom is 0.264 e. The number of benzene rings is 1. The molecule has 1 saturated heterocycles. The quantitative estimate of drug-likeness (QED) is 0.332. The molecule has 0 amide bonds. The number of nitrogens with one attached hydrogen (secondary N) is 3. The van der Waals surface area contributed by atoms with Gasteiger partial charge in [-0.3, -0.25) is 13.7 Å². The van der Waals surface area contributed by atoms with Gasteiger partial charge in [0.2, 0.25) is 0 Å². The summed E-state index contributed by atoms with van der Waals surface area (Å²) < 4.78 is 30.9. The van der Waals surface area contributed by atoms with Crippen molar-refractivity contribution < 1.29 is 12.6 Å². The molecule has 0 radical (unpaired) electrons. The Balaban J connectivity index is 1.81. The highest BCUT2D eigenvalue weighted by Crippen LogP contribution is 2.38. The lowest BCUT2D eigenvalue weighted by Gasteiger charge is -2.35. The van der Waals surface area contributed by atoms with Crippen molar-refractivity contribution in [2.24, 2.45) is 10.9 Å². The first-order valence-electron chi connectivity index (χ1n) is 12.5. The summed E-state index contributed by atoms with van der Waals surface area (Å²) in [6.45, 7) is 6.24. The van der Waals surface area contributed by atoms with Crippen LogP contribution in [0.1, 0.15) is 30.4 Å². The van der Waals surface area contributed by atoms with E-state index in [1.165, 1.54) is 0 Å². The molecule has 37 heavy (non-hydrogen) atoms. The molecule has 4 rings (SSSR count). The molecular formula is C26H37BrN6O3S. The van der Waals surface area contributed by atoms with Crippen LogP contribution in [-0.2, 0) is 14.3 Å². The number of hydrogen-bond donors (Lipinski definition) is 3. The van der Waals surface area contributed by atoms with Crippen LogP contribution in [0.25, 0.3) is 16.7 Å². The van der Waals surface area contributed by atoms with Gasteiger partial charge in [0.25, 0.3) is 10.1 Å². The van der Waals surface area contributed by atoms with E-state index in [-0.39, 0.29) is 6.61 Å². The highest BCUT2D eigenvalue weighted by molar-refractivity contribution is 9.10. The summed E-state index contributed by atoms with van der Waals surface area (Å²) >= 11 is 3.64. The van der Waals surface area contributed by atoms with Gasteiger partial charge in [-0.2, -0.15) is 8.42 Å². The van der Waals surface area contributed by atoms with Gasteiger partial charge in [0, 0.05) is 44.1 Å². The second kappa shape index (κ2) is 11.1. The standard InChI is InChI=1S/C26H37BrN6O3S/c1-16-13-19(27)14-17(2)23(16)33-25-20(15-21(28-3)31-25)24(22(29-4)26(33)30-5)32-10-7-18(8-11-32)9-12-36-37(6,34)35/h13-15,18,28-29,31H,7-12H2,1-6H3. The van der Waals surface area contributed by atoms with Crippen molar-refractivity contribution in [3.8, 4) is 5.69 Å². The lowest BCUT2D eigenvalue weighted by Crippen LogP contribution is -2.36. The fourth-order valence-corrected chi connectivity index (χ4v) is 6.53. The fraction of sp³-hybridized carbons (Fsp3) is 0.500. The minimum atomic E-state index is -3.40. The second-order valence-electron chi connectivity index (χ2n) is 9.68. The third-order valence-electron chi connectivity index (χ3n) is 7.11. The van der Waals surface area contributed by atoms with Crippen LogP contribution in [0.4, 0.5) is 17.2 Å². The van der Waals surface area contributed by atoms with Gasteiger partial charge in [-0.1, -0.05) is 15.9 Å². The Morgan fingerprint density at radius 2 is 1.76 bits per heavy atom. The van der Waals surface area contributed by atoms with Crippen LogP contribution in [0.15, 0.2) is 27.7 Å². The number of piperidine rings is 1. The summed E-state index contributed by atoms with van der Waals surface area (Å²) in [6.07, 6.45) is 3.79. The first-order valence-corrected chi connectivity index (χ1v) is 15.1. The Hall–Kier alpha value is -2.50. The molecule has 1 fully saturated rings. The highest BCUT2D eigenvalue weighted by Gasteiger charge is 2.27. The average Bonchev–Trinajstić information content (AvgIpc) is 3.26. The lowest BCUT2D eigenvalue weighted by atomic mass is 9.93. The van der Waals surface area contributed by atoms with Gasteiger partial charge in [0.1, 0.15) is 17.2 Å². The number of pyridine rings is 1. The minimum absolute atomic E-state index is 0.245. The number of anilines is 3. The van der Waals surface area contributed by atoms with Crippen LogP contribution in [0, 0.1) is 19.8 Å². The number of rotatable bonds is 8. The van der Waals surface area contributed by atoms with E-state index in [1.54, 1.807) is 0 Å². The number of halogens is 1. The number of aromatic amines is 1. The lowest BCUT2D eigenvalue weighted by molar-refractivity contribution is 0.264. The van der Waals surface area contributed by atoms with Gasteiger partial charge in [-0.15, -0.1) is 0 Å². The molecule has 0 bridgehead atoms. The molecule has 1 aliphatic rings. The molecule has 11 heteroatoms. The summed E-state index contributed by atoms with van der Waals surface area (Å²) in [5.74, 6) is 1.36. The smallest absolute Gasteiger partial charge is 0.264 e. The van der Waals surface area contributed by atoms with E-state index in [9.17, 15) is 8.42 Å². The van der Waals surface area contributed by atoms with E-state index in [0.717, 1.165) is 93.6 Å². The van der Waals surface area contributed by atoms with E-state index in [0.29, 0.717) is 5.92 Å². The average molecular weight is 594 g/mol. The Labute approximate surface area is 227 Å². The number of hydrogen-bond acceptors (Lipinski definition) is 7. The molecule has 3 N–H and O–H groups in total. The first kappa shape index (κ1) is 27.5.